The summed E-state index contributed by atoms with van der Waals surface area (Å²) in [6, 6.07) is -0.0191. The van der Waals surface area contributed by atoms with Crippen molar-refractivity contribution in [1.29, 1.82) is 0 Å². The van der Waals surface area contributed by atoms with Gasteiger partial charge in [-0.15, -0.1) is 0 Å². The second-order valence-electron chi connectivity index (χ2n) is 4.79. The minimum absolute atomic E-state index is 0.0191. The Morgan fingerprint density at radius 3 is 2.50 bits per heavy atom. The lowest BCUT2D eigenvalue weighted by molar-refractivity contribution is -0.0490. The average molecular weight is 304 g/mol. The molecule has 5 nitrogen and oxygen atoms in total. The monoisotopic (exact) mass is 303 g/mol. The number of aromatic nitrogens is 2. The highest BCUT2D eigenvalue weighted by atomic mass is 35.5. The van der Waals surface area contributed by atoms with Crippen LogP contribution in [0.1, 0.15) is 38.4 Å². The fourth-order valence-corrected chi connectivity index (χ4v) is 2.98. The molecule has 116 valence electrons. The molecule has 1 heterocycles. The van der Waals surface area contributed by atoms with Crippen molar-refractivity contribution in [3.63, 3.8) is 0 Å². The van der Waals surface area contributed by atoms with Crippen molar-refractivity contribution >= 4 is 11.6 Å². The second kappa shape index (κ2) is 7.98. The first-order chi connectivity index (χ1) is 9.60. The molecule has 0 aliphatic carbocycles. The van der Waals surface area contributed by atoms with Gasteiger partial charge in [-0.25, -0.2) is 0 Å². The van der Waals surface area contributed by atoms with E-state index in [4.69, 9.17) is 21.1 Å². The number of halogens is 1. The van der Waals surface area contributed by atoms with Crippen molar-refractivity contribution in [2.75, 3.05) is 27.9 Å². The number of hydrogen-bond acceptors (Lipinski definition) is 4. The fourth-order valence-electron chi connectivity index (χ4n) is 2.73. The fraction of sp³-hybridized carbons (Fsp3) is 0.786. The van der Waals surface area contributed by atoms with E-state index in [0.29, 0.717) is 18.2 Å². The maximum absolute atomic E-state index is 6.35. The van der Waals surface area contributed by atoms with E-state index >= 15 is 0 Å². The van der Waals surface area contributed by atoms with Crippen LogP contribution in [-0.2, 0) is 16.0 Å². The zero-order valence-corrected chi connectivity index (χ0v) is 13.8. The molecule has 0 aliphatic heterocycles. The van der Waals surface area contributed by atoms with E-state index in [2.05, 4.69) is 24.3 Å². The van der Waals surface area contributed by atoms with Gasteiger partial charge in [0.25, 0.3) is 0 Å². The Balaban J connectivity index is 3.20. The summed E-state index contributed by atoms with van der Waals surface area (Å²) < 4.78 is 12.9. The lowest BCUT2D eigenvalue weighted by atomic mass is 9.86. The Morgan fingerprint density at radius 2 is 2.05 bits per heavy atom. The standard InChI is InChI=1S/C14H26ClN3O2/c1-6-14(7-2,20-5)13(16-3)12-11(15)10-17-18(12)8-9-19-4/h10,13,16H,6-9H2,1-5H3. The van der Waals surface area contributed by atoms with Crippen LogP contribution in [0.25, 0.3) is 0 Å². The third-order valence-electron chi connectivity index (χ3n) is 4.03. The van der Waals surface area contributed by atoms with E-state index in [0.717, 1.165) is 18.5 Å². The quantitative estimate of drug-likeness (QED) is 0.762. The van der Waals surface area contributed by atoms with Gasteiger partial charge in [0.15, 0.2) is 0 Å². The van der Waals surface area contributed by atoms with Crippen molar-refractivity contribution in [2.45, 2.75) is 44.9 Å². The molecule has 20 heavy (non-hydrogen) atoms. The number of likely N-dealkylation sites (N-methyl/N-ethyl adjacent to an activating group) is 1. The SMILES string of the molecule is CCC(CC)(OC)C(NC)c1c(Cl)cnn1CCOC. The van der Waals surface area contributed by atoms with Gasteiger partial charge in [-0.2, -0.15) is 5.10 Å². The Bertz CT molecular complexity index is 397. The first-order valence-electron chi connectivity index (χ1n) is 7.02. The van der Waals surface area contributed by atoms with Crippen LogP contribution in [0, 0.1) is 0 Å². The smallest absolute Gasteiger partial charge is 0.0883 e. The number of methoxy groups -OCH3 is 2. The predicted molar refractivity (Wildman–Crippen MR) is 81.2 cm³/mol. The third kappa shape index (κ3) is 3.34. The van der Waals surface area contributed by atoms with Crippen LogP contribution in [0.3, 0.4) is 0 Å². The van der Waals surface area contributed by atoms with E-state index in [9.17, 15) is 0 Å². The van der Waals surface area contributed by atoms with Crippen molar-refractivity contribution in [2.24, 2.45) is 0 Å². The molecule has 1 rings (SSSR count). The molecule has 1 unspecified atom stereocenters. The normalized spacial score (nSPS) is 13.7. The molecular formula is C14H26ClN3O2. The Kier molecular flexibility index (Phi) is 6.95. The summed E-state index contributed by atoms with van der Waals surface area (Å²) in [5.74, 6) is 0. The van der Waals surface area contributed by atoms with Crippen LogP contribution < -0.4 is 5.32 Å². The summed E-state index contributed by atoms with van der Waals surface area (Å²) in [5, 5.41) is 8.35. The first-order valence-corrected chi connectivity index (χ1v) is 7.40. The number of rotatable bonds is 9. The largest absolute Gasteiger partial charge is 0.383 e. The lowest BCUT2D eigenvalue weighted by Gasteiger charge is -2.38. The van der Waals surface area contributed by atoms with Gasteiger partial charge in [0.1, 0.15) is 0 Å². The first kappa shape index (κ1) is 17.4. The van der Waals surface area contributed by atoms with Crippen LogP contribution >= 0.6 is 11.6 Å². The zero-order valence-electron chi connectivity index (χ0n) is 13.1. The van der Waals surface area contributed by atoms with Gasteiger partial charge < -0.3 is 14.8 Å². The van der Waals surface area contributed by atoms with Crippen LogP contribution in [-0.4, -0.2) is 43.3 Å². The lowest BCUT2D eigenvalue weighted by Crippen LogP contribution is -2.44. The van der Waals surface area contributed by atoms with E-state index in [1.165, 1.54) is 0 Å². The van der Waals surface area contributed by atoms with Crippen LogP contribution in [0.15, 0.2) is 6.20 Å². The average Bonchev–Trinajstić information content (AvgIpc) is 2.84. The number of hydrogen-bond donors (Lipinski definition) is 1. The molecule has 0 aliphatic rings. The molecule has 0 spiro atoms. The molecule has 1 aromatic heterocycles. The summed E-state index contributed by atoms with van der Waals surface area (Å²) in [6.45, 7) is 5.52. The third-order valence-corrected chi connectivity index (χ3v) is 4.32. The van der Waals surface area contributed by atoms with Gasteiger partial charge in [-0.1, -0.05) is 25.4 Å². The highest BCUT2D eigenvalue weighted by molar-refractivity contribution is 6.31. The van der Waals surface area contributed by atoms with Crippen molar-refractivity contribution < 1.29 is 9.47 Å². The van der Waals surface area contributed by atoms with E-state index in [1.54, 1.807) is 20.4 Å². The highest BCUT2D eigenvalue weighted by Gasteiger charge is 2.39. The highest BCUT2D eigenvalue weighted by Crippen LogP contribution is 2.37. The Morgan fingerprint density at radius 1 is 1.40 bits per heavy atom. The molecule has 0 aromatic carbocycles. The van der Waals surface area contributed by atoms with Gasteiger partial charge in [0.05, 0.1) is 41.7 Å². The molecule has 0 amide bonds. The van der Waals surface area contributed by atoms with Gasteiger partial charge in [0, 0.05) is 14.2 Å². The molecule has 0 saturated heterocycles. The van der Waals surface area contributed by atoms with Crippen molar-refractivity contribution in [3.05, 3.63) is 16.9 Å². The molecular weight excluding hydrogens is 278 g/mol. The number of nitrogens with zero attached hydrogens (tertiary/aromatic N) is 2. The van der Waals surface area contributed by atoms with Crippen LogP contribution in [0.5, 0.6) is 0 Å². The van der Waals surface area contributed by atoms with E-state index < -0.39 is 0 Å². The molecule has 0 saturated carbocycles. The minimum atomic E-state index is -0.302. The predicted octanol–water partition coefficient (Wildman–Crippen LogP) is 2.65. The second-order valence-corrected chi connectivity index (χ2v) is 5.20. The zero-order chi connectivity index (χ0) is 15.2. The van der Waals surface area contributed by atoms with E-state index in [-0.39, 0.29) is 11.6 Å². The Hall–Kier alpha value is -0.620. The molecule has 6 heteroatoms. The summed E-state index contributed by atoms with van der Waals surface area (Å²) in [5.41, 5.74) is 0.653. The summed E-state index contributed by atoms with van der Waals surface area (Å²) in [7, 11) is 5.35. The summed E-state index contributed by atoms with van der Waals surface area (Å²) in [6.07, 6.45) is 3.46. The van der Waals surface area contributed by atoms with Gasteiger partial charge in [-0.3, -0.25) is 4.68 Å². The van der Waals surface area contributed by atoms with Gasteiger partial charge >= 0.3 is 0 Å². The Labute approximate surface area is 126 Å². The summed E-state index contributed by atoms with van der Waals surface area (Å²) in [4.78, 5) is 0. The molecule has 0 fully saturated rings. The van der Waals surface area contributed by atoms with E-state index in [1.807, 2.05) is 11.7 Å². The molecule has 1 N–H and O–H groups in total. The van der Waals surface area contributed by atoms with Gasteiger partial charge in [0.2, 0.25) is 0 Å². The van der Waals surface area contributed by atoms with Crippen LogP contribution in [0.2, 0.25) is 5.02 Å². The number of nitrogens with one attached hydrogen (secondary N) is 1. The van der Waals surface area contributed by atoms with Crippen molar-refractivity contribution in [3.8, 4) is 0 Å². The topological polar surface area (TPSA) is 48.3 Å². The van der Waals surface area contributed by atoms with Crippen LogP contribution in [0.4, 0.5) is 0 Å². The maximum Gasteiger partial charge on any atom is 0.0883 e. The number of ether oxygens (including phenoxy) is 2. The maximum atomic E-state index is 6.35. The molecule has 0 radical (unpaired) electrons. The van der Waals surface area contributed by atoms with Gasteiger partial charge in [-0.05, 0) is 19.9 Å². The molecule has 0 bridgehead atoms. The van der Waals surface area contributed by atoms with Crippen molar-refractivity contribution in [1.82, 2.24) is 15.1 Å². The minimum Gasteiger partial charge on any atom is -0.383 e. The molecule has 1 aromatic rings. The summed E-state index contributed by atoms with van der Waals surface area (Å²) >= 11 is 6.35. The molecule has 1 atom stereocenters.